The van der Waals surface area contributed by atoms with Crippen molar-refractivity contribution in [3.63, 3.8) is 0 Å². The number of hydrogen-bond donors (Lipinski definition) is 3. The molecular formula is C25H22N4O2. The molecule has 0 atom stereocenters. The average molecular weight is 410 g/mol. The molecule has 0 bridgehead atoms. The third-order valence-corrected chi connectivity index (χ3v) is 4.94. The lowest BCUT2D eigenvalue weighted by Crippen LogP contribution is -2.00. The van der Waals surface area contributed by atoms with Gasteiger partial charge in [-0.2, -0.15) is 5.10 Å². The van der Waals surface area contributed by atoms with E-state index in [4.69, 9.17) is 0 Å². The number of hydrogen-bond acceptors (Lipinski definition) is 6. The van der Waals surface area contributed by atoms with Crippen LogP contribution in [0.25, 0.3) is 22.5 Å². The maximum atomic E-state index is 10.2. The Labute approximate surface area is 180 Å². The molecule has 0 saturated carbocycles. The van der Waals surface area contributed by atoms with Gasteiger partial charge in [-0.3, -0.25) is 0 Å². The zero-order valence-electron chi connectivity index (χ0n) is 17.2. The fourth-order valence-corrected chi connectivity index (χ4v) is 3.10. The third kappa shape index (κ3) is 4.53. The second-order valence-corrected chi connectivity index (χ2v) is 7.21. The summed E-state index contributed by atoms with van der Waals surface area (Å²) in [6, 6.07) is 23.0. The van der Waals surface area contributed by atoms with Gasteiger partial charge in [-0.15, -0.1) is 0 Å². The third-order valence-electron chi connectivity index (χ3n) is 4.94. The quantitative estimate of drug-likeness (QED) is 0.307. The molecule has 31 heavy (non-hydrogen) atoms. The Morgan fingerprint density at radius 2 is 1.45 bits per heavy atom. The summed E-state index contributed by atoms with van der Waals surface area (Å²) in [4.78, 5) is 9.20. The number of nitrogens with zero attached hydrogens (tertiary/aromatic N) is 3. The van der Waals surface area contributed by atoms with Gasteiger partial charge in [0, 0.05) is 22.3 Å². The van der Waals surface area contributed by atoms with Gasteiger partial charge in [0.1, 0.15) is 11.5 Å². The van der Waals surface area contributed by atoms with E-state index in [0.29, 0.717) is 17.1 Å². The number of anilines is 1. The molecule has 0 unspecified atom stereocenters. The summed E-state index contributed by atoms with van der Waals surface area (Å²) in [6.45, 7) is 3.68. The Balaban J connectivity index is 1.69. The molecule has 0 spiro atoms. The van der Waals surface area contributed by atoms with E-state index in [1.807, 2.05) is 67.6 Å². The van der Waals surface area contributed by atoms with Gasteiger partial charge in [0.05, 0.1) is 17.6 Å². The van der Waals surface area contributed by atoms with Crippen molar-refractivity contribution in [3.8, 4) is 34.0 Å². The topological polar surface area (TPSA) is 90.6 Å². The normalized spacial score (nSPS) is 11.0. The molecule has 0 radical (unpaired) electrons. The minimum absolute atomic E-state index is 0.0233. The summed E-state index contributed by atoms with van der Waals surface area (Å²) in [5.74, 6) is 0.345. The van der Waals surface area contributed by atoms with Crippen LogP contribution in [0.2, 0.25) is 0 Å². The zero-order chi connectivity index (χ0) is 21.8. The van der Waals surface area contributed by atoms with Crippen molar-refractivity contribution < 1.29 is 10.2 Å². The highest BCUT2D eigenvalue weighted by Crippen LogP contribution is 2.28. The van der Waals surface area contributed by atoms with Crippen LogP contribution in [0.15, 0.2) is 77.9 Å². The van der Waals surface area contributed by atoms with E-state index >= 15 is 0 Å². The zero-order valence-corrected chi connectivity index (χ0v) is 17.2. The SMILES string of the molecule is Cc1ccc(-c2cc(-c3ccccc3)nc(N/N=C\c3ccc(O)c(C)c3O)n2)cc1. The molecule has 0 aliphatic heterocycles. The van der Waals surface area contributed by atoms with Crippen LogP contribution in [0.4, 0.5) is 5.95 Å². The first-order valence-electron chi connectivity index (χ1n) is 9.83. The first-order valence-corrected chi connectivity index (χ1v) is 9.83. The molecule has 1 aromatic heterocycles. The van der Waals surface area contributed by atoms with E-state index in [2.05, 4.69) is 20.5 Å². The van der Waals surface area contributed by atoms with Crippen LogP contribution in [-0.4, -0.2) is 26.4 Å². The number of phenols is 2. The van der Waals surface area contributed by atoms with Crippen LogP contribution >= 0.6 is 0 Å². The standard InChI is InChI=1S/C25H22N4O2/c1-16-8-10-19(11-9-16)22-14-21(18-6-4-3-5-7-18)27-25(28-22)29-26-15-20-12-13-23(30)17(2)24(20)31/h3-15,30-31H,1-2H3,(H,27,28,29)/b26-15-. The number of benzene rings is 3. The highest BCUT2D eigenvalue weighted by molar-refractivity contribution is 5.85. The van der Waals surface area contributed by atoms with E-state index in [1.165, 1.54) is 17.8 Å². The lowest BCUT2D eigenvalue weighted by molar-refractivity contribution is 0.442. The second-order valence-electron chi connectivity index (χ2n) is 7.21. The van der Waals surface area contributed by atoms with E-state index < -0.39 is 0 Å². The van der Waals surface area contributed by atoms with Crippen LogP contribution in [0, 0.1) is 13.8 Å². The van der Waals surface area contributed by atoms with Crippen molar-refractivity contribution in [1.82, 2.24) is 9.97 Å². The molecule has 6 heteroatoms. The molecule has 154 valence electrons. The van der Waals surface area contributed by atoms with Gasteiger partial charge < -0.3 is 10.2 Å². The van der Waals surface area contributed by atoms with Crippen molar-refractivity contribution in [2.45, 2.75) is 13.8 Å². The van der Waals surface area contributed by atoms with Crippen molar-refractivity contribution >= 4 is 12.2 Å². The largest absolute Gasteiger partial charge is 0.508 e. The maximum Gasteiger partial charge on any atom is 0.244 e. The Hall–Kier alpha value is -4.19. The smallest absolute Gasteiger partial charge is 0.244 e. The number of aromatic nitrogens is 2. The summed E-state index contributed by atoms with van der Waals surface area (Å²) in [5, 5.41) is 24.0. The molecule has 0 aliphatic rings. The number of rotatable bonds is 5. The van der Waals surface area contributed by atoms with Crippen LogP contribution in [0.1, 0.15) is 16.7 Å². The molecule has 1 heterocycles. The number of aromatic hydroxyl groups is 2. The van der Waals surface area contributed by atoms with Gasteiger partial charge >= 0.3 is 0 Å². The van der Waals surface area contributed by atoms with Gasteiger partial charge in [-0.25, -0.2) is 15.4 Å². The highest BCUT2D eigenvalue weighted by atomic mass is 16.3. The van der Waals surface area contributed by atoms with Crippen LogP contribution in [0.5, 0.6) is 11.5 Å². The Morgan fingerprint density at radius 1 is 0.806 bits per heavy atom. The molecule has 4 aromatic rings. The lowest BCUT2D eigenvalue weighted by Gasteiger charge is -2.09. The second kappa shape index (κ2) is 8.67. The molecule has 0 aliphatic carbocycles. The molecule has 0 amide bonds. The van der Waals surface area contributed by atoms with Crippen LogP contribution in [0.3, 0.4) is 0 Å². The van der Waals surface area contributed by atoms with Gasteiger partial charge in [0.25, 0.3) is 0 Å². The average Bonchev–Trinajstić information content (AvgIpc) is 2.80. The summed E-state index contributed by atoms with van der Waals surface area (Å²) in [6.07, 6.45) is 1.46. The molecule has 3 N–H and O–H groups in total. The van der Waals surface area contributed by atoms with Crippen molar-refractivity contribution in [2.24, 2.45) is 5.10 Å². The van der Waals surface area contributed by atoms with Gasteiger partial charge in [0.2, 0.25) is 5.95 Å². The molecule has 0 fully saturated rings. The summed E-state index contributed by atoms with van der Waals surface area (Å²) < 4.78 is 0. The first-order chi connectivity index (χ1) is 15.0. The summed E-state index contributed by atoms with van der Waals surface area (Å²) in [5.41, 5.74) is 8.39. The van der Waals surface area contributed by atoms with Crippen molar-refractivity contribution in [3.05, 3.63) is 89.5 Å². The number of aryl methyl sites for hydroxylation is 1. The minimum Gasteiger partial charge on any atom is -0.508 e. The molecular weight excluding hydrogens is 388 g/mol. The first kappa shape index (κ1) is 20.1. The molecule has 3 aromatic carbocycles. The predicted octanol–water partition coefficient (Wildman–Crippen LogP) is 5.28. The number of nitrogens with one attached hydrogen (secondary N) is 1. The van der Waals surface area contributed by atoms with E-state index in [-0.39, 0.29) is 11.5 Å². The van der Waals surface area contributed by atoms with Gasteiger partial charge in [-0.05, 0) is 32.0 Å². The Kier molecular flexibility index (Phi) is 5.62. The van der Waals surface area contributed by atoms with E-state index in [0.717, 1.165) is 22.5 Å². The lowest BCUT2D eigenvalue weighted by atomic mass is 10.1. The predicted molar refractivity (Wildman–Crippen MR) is 123 cm³/mol. The van der Waals surface area contributed by atoms with Crippen LogP contribution in [-0.2, 0) is 0 Å². The molecule has 6 nitrogen and oxygen atoms in total. The fourth-order valence-electron chi connectivity index (χ4n) is 3.10. The van der Waals surface area contributed by atoms with Crippen molar-refractivity contribution in [1.29, 1.82) is 0 Å². The monoisotopic (exact) mass is 410 g/mol. The van der Waals surface area contributed by atoms with Crippen LogP contribution < -0.4 is 5.43 Å². The van der Waals surface area contributed by atoms with Crippen molar-refractivity contribution in [2.75, 3.05) is 5.43 Å². The number of hydrazone groups is 1. The Bertz CT molecular complexity index is 1240. The van der Waals surface area contributed by atoms with Gasteiger partial charge in [-0.1, -0.05) is 60.2 Å². The fraction of sp³-hybridized carbons (Fsp3) is 0.0800. The van der Waals surface area contributed by atoms with Gasteiger partial charge in [0.15, 0.2) is 0 Å². The summed E-state index contributed by atoms with van der Waals surface area (Å²) >= 11 is 0. The summed E-state index contributed by atoms with van der Waals surface area (Å²) in [7, 11) is 0. The van der Waals surface area contributed by atoms with E-state index in [1.54, 1.807) is 13.0 Å². The number of phenolic OH excluding ortho intramolecular Hbond substituents is 2. The molecule has 0 saturated heterocycles. The minimum atomic E-state index is -0.0233. The van der Waals surface area contributed by atoms with E-state index in [9.17, 15) is 10.2 Å². The Morgan fingerprint density at radius 3 is 2.13 bits per heavy atom. The highest BCUT2D eigenvalue weighted by Gasteiger charge is 2.09. The maximum absolute atomic E-state index is 10.2. The molecule has 4 rings (SSSR count).